The number of hydrogen-bond donors (Lipinski definition) is 7. The molecule has 0 radical (unpaired) electrons. The molecule has 88 heavy (non-hydrogen) atoms. The molecule has 0 unspecified atom stereocenters. The molecule has 0 spiro atoms. The highest BCUT2D eigenvalue weighted by atomic mass is 16.8. The summed E-state index contributed by atoms with van der Waals surface area (Å²) in [6.07, 6.45) is -12.6. The summed E-state index contributed by atoms with van der Waals surface area (Å²) < 4.78 is 93.8. The SMILES string of the molecule is CO[C@@H]1[C@@H](O)[C@H](O[C@@H]2[C@@H](C)O[C@@H](O[C@H]3[C@@H](OC)C[C@H](O[C@H]4[C@@H](OC)C[C@H](O[C@H]5CC[C@@]6(C)C(=CC[C@]7(O)[C@@H]6C[C@@H](OC(=O)/C=C/c6ccccc6)[C@]6(C)[C@H](C(C)=O)CC[C@@]67O)C5)O[C@@H]4C)O[C@@H]3C)C[C@H]2OC)O[C@H](C)[C@H]1O[C@@H]1O[C@H](CO)[C@@H](O)[C@H](O)[C@H]1O. The van der Waals surface area contributed by atoms with Crippen LogP contribution in [0, 0.1) is 22.7 Å². The van der Waals surface area contributed by atoms with Crippen LogP contribution in [0.15, 0.2) is 48.1 Å². The fourth-order valence-corrected chi connectivity index (χ4v) is 16.6. The highest BCUT2D eigenvalue weighted by molar-refractivity contribution is 5.87. The van der Waals surface area contributed by atoms with Gasteiger partial charge in [-0.1, -0.05) is 55.8 Å². The lowest BCUT2D eigenvalue weighted by Crippen LogP contribution is -2.75. The number of rotatable bonds is 19. The first-order valence-corrected chi connectivity index (χ1v) is 31.4. The molecule has 5 aliphatic heterocycles. The Morgan fingerprint density at radius 2 is 1.17 bits per heavy atom. The number of ketones is 1. The van der Waals surface area contributed by atoms with E-state index < -0.39 is 188 Å². The summed E-state index contributed by atoms with van der Waals surface area (Å²) in [5.74, 6) is -1.77. The van der Waals surface area contributed by atoms with E-state index in [9.17, 15) is 45.3 Å². The maximum Gasteiger partial charge on any atom is 0.331 e. The maximum atomic E-state index is 13.6. The Balaban J connectivity index is 0.723. The third-order valence-electron chi connectivity index (χ3n) is 21.6. The highest BCUT2D eigenvalue weighted by Gasteiger charge is 2.77. The van der Waals surface area contributed by atoms with Gasteiger partial charge in [0, 0.05) is 71.0 Å². The Labute approximate surface area is 515 Å². The standard InChI is InChI=1S/C64H96O24/c1-31(66)39-21-24-64(73)62(39,7)45(84-46(67)18-17-36-15-13-12-14-16-36)29-44-61(6)22-20-38(25-37(61)19-23-63(44,64)72)82-47-26-40(74-8)54(32(2)78-47)85-48-27-41(75-9)55(33(3)79-48)86-49-28-42(76-10)56(34(4)80-49)87-60-53(71)58(77-11)57(35(5)81-60)88-59-52(70)51(69)50(68)43(30-65)83-59/h12-19,32-35,38-45,47-60,65,68-73H,20-30H2,1-11H3/b18-17+/t32-,33-,34-,35-,38+,39+,40+,41+,42-,43-,44-,45-,47+,48+,49+,50-,51+,52-,53-,54-,55-,56-,57-,58-,59+,60+,61+,62+,63+,64-/m1/s1. The minimum absolute atomic E-state index is 0.103. The van der Waals surface area contributed by atoms with Crippen molar-refractivity contribution in [3.63, 3.8) is 0 Å². The van der Waals surface area contributed by atoms with Crippen LogP contribution in [-0.4, -0.2) is 241 Å². The van der Waals surface area contributed by atoms with Gasteiger partial charge >= 0.3 is 5.97 Å². The summed E-state index contributed by atoms with van der Waals surface area (Å²) in [6.45, 7) is 12.1. The van der Waals surface area contributed by atoms with Gasteiger partial charge in [0.2, 0.25) is 0 Å². The molecule has 24 heteroatoms. The molecule has 4 aliphatic carbocycles. The number of carbonyl (C=O) groups excluding carboxylic acids is 2. The van der Waals surface area contributed by atoms with Crippen molar-refractivity contribution in [3.8, 4) is 0 Å². The predicted octanol–water partition coefficient (Wildman–Crippen LogP) is 2.92. The molecule has 0 amide bonds. The zero-order valence-electron chi connectivity index (χ0n) is 52.5. The van der Waals surface area contributed by atoms with E-state index in [4.69, 9.17) is 71.1 Å². The summed E-state index contributed by atoms with van der Waals surface area (Å²) in [7, 11) is 6.13. The van der Waals surface area contributed by atoms with Crippen molar-refractivity contribution in [2.24, 2.45) is 22.7 Å². The number of fused-ring (bicyclic) bond motifs is 5. The molecule has 5 saturated heterocycles. The topological polar surface area (TPSA) is 314 Å². The van der Waals surface area contributed by atoms with E-state index in [0.717, 1.165) is 11.1 Å². The maximum absolute atomic E-state index is 13.6. The summed E-state index contributed by atoms with van der Waals surface area (Å²) in [5.41, 5.74) is -3.15. The van der Waals surface area contributed by atoms with Crippen molar-refractivity contribution in [1.29, 1.82) is 0 Å². The van der Waals surface area contributed by atoms with Gasteiger partial charge in [0.05, 0.1) is 55.4 Å². The van der Waals surface area contributed by atoms with Gasteiger partial charge in [0.25, 0.3) is 0 Å². The van der Waals surface area contributed by atoms with E-state index in [2.05, 4.69) is 13.0 Å². The smallest absolute Gasteiger partial charge is 0.331 e. The highest BCUT2D eigenvalue weighted by Crippen LogP contribution is 2.70. The number of ether oxygens (including phenoxy) is 15. The molecule has 9 aliphatic rings. The summed E-state index contributed by atoms with van der Waals surface area (Å²) in [5, 5.41) is 78.5. The van der Waals surface area contributed by atoms with Crippen LogP contribution in [0.1, 0.15) is 118 Å². The van der Waals surface area contributed by atoms with E-state index in [1.807, 2.05) is 51.1 Å². The third-order valence-corrected chi connectivity index (χ3v) is 21.6. The van der Waals surface area contributed by atoms with Crippen LogP contribution in [0.3, 0.4) is 0 Å². The van der Waals surface area contributed by atoms with Gasteiger partial charge in [-0.05, 0) is 96.6 Å². The minimum Gasteiger partial charge on any atom is -0.458 e. The molecule has 1 aromatic rings. The van der Waals surface area contributed by atoms with Gasteiger partial charge in [0.15, 0.2) is 31.5 Å². The number of aliphatic hydroxyl groups is 7. The third kappa shape index (κ3) is 12.7. The molecule has 7 N–H and O–H groups in total. The molecule has 30 atom stereocenters. The van der Waals surface area contributed by atoms with Crippen LogP contribution in [0.5, 0.6) is 0 Å². The first kappa shape index (κ1) is 67.9. The zero-order chi connectivity index (χ0) is 63.4. The van der Waals surface area contributed by atoms with Crippen LogP contribution in [-0.2, 0) is 80.6 Å². The lowest BCUT2D eigenvalue weighted by Gasteiger charge is -2.66. The number of esters is 1. The van der Waals surface area contributed by atoms with E-state index in [-0.39, 0.29) is 37.6 Å². The largest absolute Gasteiger partial charge is 0.458 e. The Morgan fingerprint density at radius 3 is 1.73 bits per heavy atom. The molecule has 10 rings (SSSR count). The van der Waals surface area contributed by atoms with Gasteiger partial charge in [0.1, 0.15) is 84.1 Å². The molecule has 3 saturated carbocycles. The van der Waals surface area contributed by atoms with Crippen LogP contribution >= 0.6 is 0 Å². The molecule has 5 heterocycles. The second-order valence-electron chi connectivity index (χ2n) is 26.4. The van der Waals surface area contributed by atoms with E-state index in [1.54, 1.807) is 34.1 Å². The fraction of sp³-hybridized carbons (Fsp3) is 0.812. The minimum atomic E-state index is -1.71. The zero-order valence-corrected chi connectivity index (χ0v) is 52.5. The molecule has 8 fully saturated rings. The Morgan fingerprint density at radius 1 is 0.625 bits per heavy atom. The van der Waals surface area contributed by atoms with Crippen LogP contribution in [0.4, 0.5) is 0 Å². The molecule has 0 bridgehead atoms. The number of carbonyl (C=O) groups is 2. The number of benzene rings is 1. The van der Waals surface area contributed by atoms with Crippen molar-refractivity contribution >= 4 is 17.8 Å². The van der Waals surface area contributed by atoms with Crippen molar-refractivity contribution in [2.75, 3.05) is 35.0 Å². The normalized spacial score (nSPS) is 48.9. The van der Waals surface area contributed by atoms with Crippen molar-refractivity contribution in [3.05, 3.63) is 53.6 Å². The predicted molar refractivity (Wildman–Crippen MR) is 308 cm³/mol. The van der Waals surface area contributed by atoms with Crippen molar-refractivity contribution in [2.45, 2.75) is 271 Å². The second kappa shape index (κ2) is 27.5. The average molecular weight is 1250 g/mol. The van der Waals surface area contributed by atoms with E-state index in [1.165, 1.54) is 27.2 Å². The van der Waals surface area contributed by atoms with Gasteiger partial charge < -0.3 is 107 Å². The Bertz CT molecular complexity index is 2580. The molecule has 1 aromatic carbocycles. The number of aliphatic hydroxyl groups excluding tert-OH is 5. The number of hydrogen-bond acceptors (Lipinski definition) is 24. The van der Waals surface area contributed by atoms with Crippen molar-refractivity contribution in [1.82, 2.24) is 0 Å². The summed E-state index contributed by atoms with van der Waals surface area (Å²) in [4.78, 5) is 27.0. The first-order chi connectivity index (χ1) is 41.9. The fourth-order valence-electron chi connectivity index (χ4n) is 16.6. The van der Waals surface area contributed by atoms with Gasteiger partial charge in [-0.25, -0.2) is 4.79 Å². The first-order valence-electron chi connectivity index (χ1n) is 31.4. The quantitative estimate of drug-likeness (QED) is 0.0595. The second-order valence-corrected chi connectivity index (χ2v) is 26.4. The molecule has 24 nitrogen and oxygen atoms in total. The average Bonchev–Trinajstić information content (AvgIpc) is 1.29. The Hall–Kier alpha value is -3.00. The number of methoxy groups -OCH3 is 4. The molecule has 0 aromatic heterocycles. The lowest BCUT2D eigenvalue weighted by atomic mass is 9.43. The number of Topliss-reactive ketones (excluding diaryl/α,β-unsaturated/α-hetero) is 1. The van der Waals surface area contributed by atoms with Crippen LogP contribution in [0.2, 0.25) is 0 Å². The van der Waals surface area contributed by atoms with Crippen LogP contribution < -0.4 is 0 Å². The molecular weight excluding hydrogens is 1150 g/mol. The summed E-state index contributed by atoms with van der Waals surface area (Å²) >= 11 is 0. The van der Waals surface area contributed by atoms with Crippen LogP contribution in [0.25, 0.3) is 6.08 Å². The Kier molecular flexibility index (Phi) is 21.2. The molecule has 496 valence electrons. The monoisotopic (exact) mass is 1250 g/mol. The summed E-state index contributed by atoms with van der Waals surface area (Å²) in [6, 6.07) is 9.42. The van der Waals surface area contributed by atoms with Gasteiger partial charge in [-0.2, -0.15) is 0 Å². The van der Waals surface area contributed by atoms with Gasteiger partial charge in [-0.3, -0.25) is 4.79 Å². The molecular formula is C64H96O24. The van der Waals surface area contributed by atoms with Gasteiger partial charge in [-0.15, -0.1) is 0 Å². The van der Waals surface area contributed by atoms with E-state index >= 15 is 0 Å². The van der Waals surface area contributed by atoms with Crippen molar-refractivity contribution < 1.29 is 116 Å². The lowest BCUT2D eigenvalue weighted by molar-refractivity contribution is -0.374. The van der Waals surface area contributed by atoms with E-state index in [0.29, 0.717) is 38.5 Å².